The molecule has 1 rings (SSSR count). The van der Waals surface area contributed by atoms with Gasteiger partial charge < -0.3 is 4.84 Å². The molecule has 0 aromatic rings. The van der Waals surface area contributed by atoms with Crippen LogP contribution < -0.4 is 0 Å². The molecule has 10 heavy (non-hydrogen) atoms. The summed E-state index contributed by atoms with van der Waals surface area (Å²) in [6.45, 7) is 0. The molecule has 0 saturated heterocycles. The highest BCUT2D eigenvalue weighted by Gasteiger charge is 1.99. The Balaban J connectivity index is 2.38. The van der Waals surface area contributed by atoms with Gasteiger partial charge in [-0.1, -0.05) is 11.2 Å². The molecule has 0 atom stereocenters. The van der Waals surface area contributed by atoms with Crippen molar-refractivity contribution in [2.75, 3.05) is 7.11 Å². The summed E-state index contributed by atoms with van der Waals surface area (Å²) in [6, 6.07) is 0. The average molecular weight is 139 g/mol. The maximum atomic E-state index is 4.57. The molecule has 1 aliphatic carbocycles. The number of oxime groups is 1. The lowest BCUT2D eigenvalue weighted by atomic mass is 10.0. The van der Waals surface area contributed by atoms with Crippen LogP contribution in [0.25, 0.3) is 0 Å². The van der Waals surface area contributed by atoms with E-state index < -0.39 is 0 Å². The lowest BCUT2D eigenvalue weighted by Crippen LogP contribution is -1.92. The molecule has 0 aromatic heterocycles. The Morgan fingerprint density at radius 1 is 1.60 bits per heavy atom. The Morgan fingerprint density at radius 3 is 3.10 bits per heavy atom. The predicted molar refractivity (Wildman–Crippen MR) is 42.1 cm³/mol. The van der Waals surface area contributed by atoms with Crippen LogP contribution >= 0.6 is 0 Å². The molecule has 56 valence electrons. The largest absolute Gasteiger partial charge is 0.399 e. The average Bonchev–Trinajstić information content (AvgIpc) is 2.03. The lowest BCUT2D eigenvalue weighted by Gasteiger charge is -2.06. The van der Waals surface area contributed by atoms with Crippen molar-refractivity contribution in [3.63, 3.8) is 0 Å². The number of hydrogen-bond donors (Lipinski definition) is 0. The van der Waals surface area contributed by atoms with E-state index in [0.717, 1.165) is 6.42 Å². The molecule has 0 saturated carbocycles. The molecule has 0 N–H and O–H groups in total. The zero-order valence-corrected chi connectivity index (χ0v) is 6.34. The van der Waals surface area contributed by atoms with Gasteiger partial charge in [0.05, 0.1) is 6.21 Å². The standard InChI is InChI=1S/C8H13NO/c1-10-9-7-8-5-3-2-4-6-8/h5,7H,2-4,6H2,1H3. The van der Waals surface area contributed by atoms with Crippen LogP contribution in [0.3, 0.4) is 0 Å². The third kappa shape index (κ3) is 2.21. The number of allylic oxidation sites excluding steroid dienone is 2. The fourth-order valence-electron chi connectivity index (χ4n) is 1.10. The minimum atomic E-state index is 1.16. The van der Waals surface area contributed by atoms with E-state index in [1.807, 2.05) is 0 Å². The Morgan fingerprint density at radius 2 is 2.50 bits per heavy atom. The maximum Gasteiger partial charge on any atom is 0.106 e. The van der Waals surface area contributed by atoms with Crippen LogP contribution in [0.5, 0.6) is 0 Å². The highest BCUT2D eigenvalue weighted by atomic mass is 16.6. The van der Waals surface area contributed by atoms with Crippen molar-refractivity contribution in [3.8, 4) is 0 Å². The van der Waals surface area contributed by atoms with Gasteiger partial charge in [0.1, 0.15) is 7.11 Å². The molecule has 2 heteroatoms. The third-order valence-electron chi connectivity index (χ3n) is 1.65. The van der Waals surface area contributed by atoms with Crippen LogP contribution in [0, 0.1) is 0 Å². The van der Waals surface area contributed by atoms with E-state index in [4.69, 9.17) is 0 Å². The van der Waals surface area contributed by atoms with Gasteiger partial charge >= 0.3 is 0 Å². The van der Waals surface area contributed by atoms with Crippen LogP contribution in [0.15, 0.2) is 16.8 Å². The van der Waals surface area contributed by atoms with Crippen LogP contribution in [0.4, 0.5) is 0 Å². The van der Waals surface area contributed by atoms with Crippen LogP contribution in [-0.4, -0.2) is 13.3 Å². The molecule has 2 nitrogen and oxygen atoms in total. The number of nitrogens with zero attached hydrogens (tertiary/aromatic N) is 1. The fraction of sp³-hybridized carbons (Fsp3) is 0.625. The summed E-state index contributed by atoms with van der Waals surface area (Å²) in [5, 5.41) is 3.70. The van der Waals surface area contributed by atoms with Gasteiger partial charge in [0.15, 0.2) is 0 Å². The smallest absolute Gasteiger partial charge is 0.106 e. The second-order valence-electron chi connectivity index (χ2n) is 2.44. The molecule has 0 amide bonds. The van der Waals surface area contributed by atoms with Gasteiger partial charge in [0.2, 0.25) is 0 Å². The maximum absolute atomic E-state index is 4.57. The molecule has 0 unspecified atom stereocenters. The molecule has 0 radical (unpaired) electrons. The van der Waals surface area contributed by atoms with Gasteiger partial charge in [0.25, 0.3) is 0 Å². The van der Waals surface area contributed by atoms with Gasteiger partial charge in [0, 0.05) is 0 Å². The molecule has 0 aliphatic heterocycles. The van der Waals surface area contributed by atoms with Crippen molar-refractivity contribution in [1.29, 1.82) is 0 Å². The van der Waals surface area contributed by atoms with E-state index in [1.165, 1.54) is 24.8 Å². The third-order valence-corrected chi connectivity index (χ3v) is 1.65. The highest BCUT2D eigenvalue weighted by Crippen LogP contribution is 2.15. The molecular weight excluding hydrogens is 126 g/mol. The SMILES string of the molecule is CON=CC1=CCCCC1. The van der Waals surface area contributed by atoms with Crippen molar-refractivity contribution in [2.24, 2.45) is 5.16 Å². The topological polar surface area (TPSA) is 21.6 Å². The fourth-order valence-corrected chi connectivity index (χ4v) is 1.10. The number of rotatable bonds is 2. The van der Waals surface area contributed by atoms with E-state index in [-0.39, 0.29) is 0 Å². The predicted octanol–water partition coefficient (Wildman–Crippen LogP) is 2.12. The van der Waals surface area contributed by atoms with Gasteiger partial charge in [-0.15, -0.1) is 0 Å². The van der Waals surface area contributed by atoms with Gasteiger partial charge in [-0.3, -0.25) is 0 Å². The highest BCUT2D eigenvalue weighted by molar-refractivity contribution is 5.78. The Kier molecular flexibility index (Phi) is 3.00. The second kappa shape index (κ2) is 4.09. The van der Waals surface area contributed by atoms with Crippen molar-refractivity contribution < 1.29 is 4.84 Å². The van der Waals surface area contributed by atoms with Crippen molar-refractivity contribution in [3.05, 3.63) is 11.6 Å². The summed E-state index contributed by atoms with van der Waals surface area (Å²) in [6.07, 6.45) is 9.01. The molecule has 1 aliphatic rings. The first-order valence-corrected chi connectivity index (χ1v) is 3.69. The minimum Gasteiger partial charge on any atom is -0.399 e. The van der Waals surface area contributed by atoms with Gasteiger partial charge in [-0.25, -0.2) is 0 Å². The molecule has 0 fully saturated rings. The lowest BCUT2D eigenvalue weighted by molar-refractivity contribution is 0.215. The van der Waals surface area contributed by atoms with E-state index >= 15 is 0 Å². The minimum absolute atomic E-state index is 1.16. The van der Waals surface area contributed by atoms with Crippen molar-refractivity contribution >= 4 is 6.21 Å². The van der Waals surface area contributed by atoms with Crippen LogP contribution in [0.2, 0.25) is 0 Å². The quantitative estimate of drug-likeness (QED) is 0.424. The van der Waals surface area contributed by atoms with Crippen molar-refractivity contribution in [2.45, 2.75) is 25.7 Å². The molecule has 0 spiro atoms. The molecule has 0 bridgehead atoms. The Hall–Kier alpha value is -0.790. The first kappa shape index (κ1) is 7.32. The molecule has 0 aromatic carbocycles. The first-order valence-electron chi connectivity index (χ1n) is 3.69. The zero-order valence-electron chi connectivity index (χ0n) is 6.34. The monoisotopic (exact) mass is 139 g/mol. The Bertz CT molecular complexity index is 149. The van der Waals surface area contributed by atoms with Crippen LogP contribution in [-0.2, 0) is 4.84 Å². The van der Waals surface area contributed by atoms with Crippen molar-refractivity contribution in [1.82, 2.24) is 0 Å². The Labute approximate surface area is 61.6 Å². The number of hydrogen-bond acceptors (Lipinski definition) is 2. The second-order valence-corrected chi connectivity index (χ2v) is 2.44. The first-order chi connectivity index (χ1) is 4.93. The van der Waals surface area contributed by atoms with E-state index in [9.17, 15) is 0 Å². The van der Waals surface area contributed by atoms with Crippen LogP contribution in [0.1, 0.15) is 25.7 Å². The normalized spacial score (nSPS) is 19.1. The summed E-state index contributed by atoms with van der Waals surface area (Å²) < 4.78 is 0. The van der Waals surface area contributed by atoms with E-state index in [0.29, 0.717) is 0 Å². The summed E-state index contributed by atoms with van der Waals surface area (Å²) in [4.78, 5) is 4.57. The summed E-state index contributed by atoms with van der Waals surface area (Å²) in [5.41, 5.74) is 1.31. The molecule has 0 heterocycles. The van der Waals surface area contributed by atoms with Gasteiger partial charge in [-0.05, 0) is 31.3 Å². The summed E-state index contributed by atoms with van der Waals surface area (Å²) >= 11 is 0. The van der Waals surface area contributed by atoms with Gasteiger partial charge in [-0.2, -0.15) is 0 Å². The van der Waals surface area contributed by atoms with E-state index in [1.54, 1.807) is 13.3 Å². The molecular formula is C8H13NO. The van der Waals surface area contributed by atoms with E-state index in [2.05, 4.69) is 16.1 Å². The zero-order chi connectivity index (χ0) is 7.23. The summed E-state index contributed by atoms with van der Waals surface area (Å²) in [7, 11) is 1.57. The summed E-state index contributed by atoms with van der Waals surface area (Å²) in [5.74, 6) is 0.